The van der Waals surface area contributed by atoms with Crippen LogP contribution in [0.3, 0.4) is 0 Å². The Labute approximate surface area is 99.7 Å². The molecule has 0 aromatic heterocycles. The standard InChI is InChI=1S/C11H19NO5/c1-2-17-10(15)8(12)11(16)5-3-7(4-6-11)9(13)14/h7-8,16H,2-6,12H2,1H3,(H,13,14). The van der Waals surface area contributed by atoms with Crippen LogP contribution in [0.4, 0.5) is 0 Å². The van der Waals surface area contributed by atoms with Crippen LogP contribution < -0.4 is 5.73 Å². The van der Waals surface area contributed by atoms with Gasteiger partial charge in [0, 0.05) is 0 Å². The summed E-state index contributed by atoms with van der Waals surface area (Å²) in [4.78, 5) is 22.2. The number of esters is 1. The predicted octanol–water partition coefficient (Wildman–Crippen LogP) is -0.117. The van der Waals surface area contributed by atoms with Crippen molar-refractivity contribution in [2.45, 2.75) is 44.2 Å². The van der Waals surface area contributed by atoms with E-state index in [2.05, 4.69) is 0 Å². The van der Waals surface area contributed by atoms with Gasteiger partial charge in [-0.1, -0.05) is 0 Å². The van der Waals surface area contributed by atoms with Crippen LogP contribution in [0.25, 0.3) is 0 Å². The maximum atomic E-state index is 11.4. The molecule has 0 saturated heterocycles. The Kier molecular flexibility index (Phi) is 4.47. The minimum Gasteiger partial charge on any atom is -0.481 e. The molecule has 0 bridgehead atoms. The van der Waals surface area contributed by atoms with Gasteiger partial charge in [0.15, 0.2) is 0 Å². The molecular weight excluding hydrogens is 226 g/mol. The number of carbonyl (C=O) groups excluding carboxylic acids is 1. The van der Waals surface area contributed by atoms with Crippen LogP contribution >= 0.6 is 0 Å². The molecule has 6 heteroatoms. The number of hydrogen-bond acceptors (Lipinski definition) is 5. The van der Waals surface area contributed by atoms with E-state index < -0.39 is 29.5 Å². The average molecular weight is 245 g/mol. The molecule has 1 aliphatic carbocycles. The largest absolute Gasteiger partial charge is 0.481 e. The van der Waals surface area contributed by atoms with Crippen molar-refractivity contribution >= 4 is 11.9 Å². The number of ether oxygens (including phenoxy) is 1. The van der Waals surface area contributed by atoms with E-state index in [0.29, 0.717) is 12.8 Å². The summed E-state index contributed by atoms with van der Waals surface area (Å²) < 4.78 is 4.76. The minimum atomic E-state index is -1.34. The van der Waals surface area contributed by atoms with Crippen LogP contribution in [0.1, 0.15) is 32.6 Å². The first-order valence-electron chi connectivity index (χ1n) is 5.78. The Morgan fingerprint density at radius 3 is 2.41 bits per heavy atom. The molecule has 1 atom stereocenters. The molecular formula is C11H19NO5. The Bertz CT molecular complexity index is 296. The van der Waals surface area contributed by atoms with Gasteiger partial charge in [-0.15, -0.1) is 0 Å². The number of aliphatic carboxylic acids is 1. The lowest BCUT2D eigenvalue weighted by Gasteiger charge is -2.37. The third-order valence-electron chi connectivity index (χ3n) is 3.32. The number of hydrogen-bond donors (Lipinski definition) is 3. The molecule has 0 spiro atoms. The van der Waals surface area contributed by atoms with Crippen molar-refractivity contribution in [1.29, 1.82) is 0 Å². The van der Waals surface area contributed by atoms with Gasteiger partial charge >= 0.3 is 11.9 Å². The fourth-order valence-corrected chi connectivity index (χ4v) is 2.13. The van der Waals surface area contributed by atoms with Crippen LogP contribution in [0.2, 0.25) is 0 Å². The smallest absolute Gasteiger partial charge is 0.325 e. The molecule has 4 N–H and O–H groups in total. The second-order valence-corrected chi connectivity index (χ2v) is 4.45. The van der Waals surface area contributed by atoms with Gasteiger partial charge in [-0.05, 0) is 32.6 Å². The Morgan fingerprint density at radius 2 is 2.00 bits per heavy atom. The van der Waals surface area contributed by atoms with Crippen molar-refractivity contribution in [3.8, 4) is 0 Å². The van der Waals surface area contributed by atoms with E-state index in [1.807, 2.05) is 0 Å². The lowest BCUT2D eigenvalue weighted by atomic mass is 9.75. The normalized spacial score (nSPS) is 30.6. The zero-order valence-electron chi connectivity index (χ0n) is 9.89. The van der Waals surface area contributed by atoms with Gasteiger partial charge in [0.2, 0.25) is 0 Å². The highest BCUT2D eigenvalue weighted by Crippen LogP contribution is 2.34. The highest BCUT2D eigenvalue weighted by Gasteiger charge is 2.43. The van der Waals surface area contributed by atoms with E-state index in [-0.39, 0.29) is 19.4 Å². The maximum absolute atomic E-state index is 11.4. The second-order valence-electron chi connectivity index (χ2n) is 4.45. The van der Waals surface area contributed by atoms with Crippen LogP contribution in [0.5, 0.6) is 0 Å². The van der Waals surface area contributed by atoms with E-state index in [1.165, 1.54) is 0 Å². The summed E-state index contributed by atoms with van der Waals surface area (Å²) in [5.74, 6) is -1.95. The first-order valence-corrected chi connectivity index (χ1v) is 5.78. The molecule has 17 heavy (non-hydrogen) atoms. The monoisotopic (exact) mass is 245 g/mol. The van der Waals surface area contributed by atoms with Crippen molar-refractivity contribution in [3.05, 3.63) is 0 Å². The third-order valence-corrected chi connectivity index (χ3v) is 3.32. The molecule has 1 saturated carbocycles. The summed E-state index contributed by atoms with van der Waals surface area (Å²) in [5, 5.41) is 19.1. The molecule has 1 fully saturated rings. The van der Waals surface area contributed by atoms with Gasteiger partial charge in [0.25, 0.3) is 0 Å². The van der Waals surface area contributed by atoms with Crippen LogP contribution in [-0.2, 0) is 14.3 Å². The van der Waals surface area contributed by atoms with Crippen molar-refractivity contribution in [2.24, 2.45) is 11.7 Å². The fourth-order valence-electron chi connectivity index (χ4n) is 2.13. The van der Waals surface area contributed by atoms with Gasteiger partial charge in [0.1, 0.15) is 6.04 Å². The summed E-state index contributed by atoms with van der Waals surface area (Å²) in [6, 6.07) is -1.10. The first kappa shape index (κ1) is 13.9. The SMILES string of the molecule is CCOC(=O)C(N)C1(O)CCC(C(=O)O)CC1. The molecule has 98 valence electrons. The van der Waals surface area contributed by atoms with Gasteiger partial charge in [-0.2, -0.15) is 0 Å². The summed E-state index contributed by atoms with van der Waals surface area (Å²) in [5.41, 5.74) is 4.33. The number of carbonyl (C=O) groups is 2. The van der Waals surface area contributed by atoms with Gasteiger partial charge < -0.3 is 20.7 Å². The van der Waals surface area contributed by atoms with Crippen LogP contribution in [0.15, 0.2) is 0 Å². The average Bonchev–Trinajstić information content (AvgIpc) is 2.29. The minimum absolute atomic E-state index is 0.209. The van der Waals surface area contributed by atoms with E-state index in [4.69, 9.17) is 15.6 Å². The number of nitrogens with two attached hydrogens (primary N) is 1. The Hall–Kier alpha value is -1.14. The van der Waals surface area contributed by atoms with Crippen molar-refractivity contribution < 1.29 is 24.5 Å². The topological polar surface area (TPSA) is 110 Å². The Balaban J connectivity index is 2.59. The number of aliphatic hydroxyl groups is 1. The lowest BCUT2D eigenvalue weighted by molar-refractivity contribution is -0.155. The molecule has 1 aliphatic rings. The van der Waals surface area contributed by atoms with Crippen LogP contribution in [0, 0.1) is 5.92 Å². The van der Waals surface area contributed by atoms with Crippen molar-refractivity contribution in [3.63, 3.8) is 0 Å². The quantitative estimate of drug-likeness (QED) is 0.596. The van der Waals surface area contributed by atoms with Gasteiger partial charge in [0.05, 0.1) is 18.1 Å². The van der Waals surface area contributed by atoms with E-state index in [9.17, 15) is 14.7 Å². The molecule has 0 aromatic carbocycles. The molecule has 0 heterocycles. The Morgan fingerprint density at radius 1 is 1.47 bits per heavy atom. The van der Waals surface area contributed by atoms with E-state index in [0.717, 1.165) is 0 Å². The molecule has 0 radical (unpaired) electrons. The summed E-state index contributed by atoms with van der Waals surface area (Å²) >= 11 is 0. The maximum Gasteiger partial charge on any atom is 0.325 e. The number of carboxylic acid groups (broad SMARTS) is 1. The number of rotatable bonds is 4. The molecule has 6 nitrogen and oxygen atoms in total. The summed E-state index contributed by atoms with van der Waals surface area (Å²) in [6.45, 7) is 1.87. The summed E-state index contributed by atoms with van der Waals surface area (Å²) in [6.07, 6.45) is 1.09. The molecule has 0 aliphatic heterocycles. The highest BCUT2D eigenvalue weighted by molar-refractivity contribution is 5.77. The van der Waals surface area contributed by atoms with E-state index in [1.54, 1.807) is 6.92 Å². The van der Waals surface area contributed by atoms with Gasteiger partial charge in [-0.3, -0.25) is 9.59 Å². The zero-order valence-corrected chi connectivity index (χ0v) is 9.89. The number of carboxylic acids is 1. The fraction of sp³-hybridized carbons (Fsp3) is 0.818. The lowest BCUT2D eigenvalue weighted by Crippen LogP contribution is -2.55. The summed E-state index contributed by atoms with van der Waals surface area (Å²) in [7, 11) is 0. The molecule has 1 unspecified atom stereocenters. The van der Waals surface area contributed by atoms with Crippen molar-refractivity contribution in [2.75, 3.05) is 6.61 Å². The first-order chi connectivity index (χ1) is 7.90. The third kappa shape index (κ3) is 3.17. The van der Waals surface area contributed by atoms with Gasteiger partial charge in [-0.25, -0.2) is 0 Å². The molecule has 0 aromatic rings. The van der Waals surface area contributed by atoms with Crippen LogP contribution in [-0.4, -0.2) is 40.4 Å². The highest BCUT2D eigenvalue weighted by atomic mass is 16.5. The second kappa shape index (κ2) is 5.46. The molecule has 0 amide bonds. The zero-order chi connectivity index (χ0) is 13.1. The van der Waals surface area contributed by atoms with Crippen molar-refractivity contribution in [1.82, 2.24) is 0 Å². The van der Waals surface area contributed by atoms with E-state index >= 15 is 0 Å². The predicted molar refractivity (Wildman–Crippen MR) is 59.2 cm³/mol. The molecule has 1 rings (SSSR count).